The number of carbonyl (C=O) groups is 2. The van der Waals surface area contributed by atoms with Crippen LogP contribution in [0.4, 0.5) is 0 Å². The van der Waals surface area contributed by atoms with E-state index in [1.807, 2.05) is 35.2 Å². The molecule has 3 aromatic rings. The summed E-state index contributed by atoms with van der Waals surface area (Å²) in [7, 11) is 4.64. The Bertz CT molecular complexity index is 1500. The minimum atomic E-state index is -0.793. The first-order valence-electron chi connectivity index (χ1n) is 15.4. The van der Waals surface area contributed by atoms with Crippen LogP contribution in [-0.4, -0.2) is 75.2 Å². The third-order valence-electron chi connectivity index (χ3n) is 10.2. The third-order valence-corrected chi connectivity index (χ3v) is 10.2. The van der Waals surface area contributed by atoms with Gasteiger partial charge in [0.25, 0.3) is 5.91 Å². The fourth-order valence-electron chi connectivity index (χ4n) is 7.51. The van der Waals surface area contributed by atoms with Crippen LogP contribution >= 0.6 is 0 Å². The number of nitrogens with two attached hydrogens (primary N) is 1. The van der Waals surface area contributed by atoms with Gasteiger partial charge in [0.1, 0.15) is 0 Å². The molecule has 44 heavy (non-hydrogen) atoms. The van der Waals surface area contributed by atoms with E-state index in [0.29, 0.717) is 48.7 Å². The van der Waals surface area contributed by atoms with Crippen molar-refractivity contribution in [1.82, 2.24) is 9.80 Å². The number of ether oxygens (including phenoxy) is 3. The molecule has 0 saturated carbocycles. The normalized spacial score (nSPS) is 23.8. The summed E-state index contributed by atoms with van der Waals surface area (Å²) in [5.41, 5.74) is 10.1. The number of carbonyl (C=O) groups excluding carboxylic acids is 2. The highest BCUT2D eigenvalue weighted by Gasteiger charge is 2.55. The first kappa shape index (κ1) is 31.4. The van der Waals surface area contributed by atoms with Crippen molar-refractivity contribution >= 4 is 11.8 Å². The van der Waals surface area contributed by atoms with Crippen LogP contribution in [0.1, 0.15) is 58.8 Å². The highest BCUT2D eigenvalue weighted by atomic mass is 16.5. The van der Waals surface area contributed by atoms with Crippen molar-refractivity contribution < 1.29 is 23.8 Å². The van der Waals surface area contributed by atoms with Gasteiger partial charge in [-0.2, -0.15) is 0 Å². The highest BCUT2D eigenvalue weighted by molar-refractivity contribution is 5.96. The van der Waals surface area contributed by atoms with E-state index in [0.717, 1.165) is 25.1 Å². The number of rotatable bonds is 9. The van der Waals surface area contributed by atoms with Gasteiger partial charge in [-0.3, -0.25) is 14.5 Å². The Kier molecular flexibility index (Phi) is 8.93. The summed E-state index contributed by atoms with van der Waals surface area (Å²) in [5.74, 6) is 0.935. The Morgan fingerprint density at radius 3 is 2.11 bits per heavy atom. The summed E-state index contributed by atoms with van der Waals surface area (Å²) >= 11 is 0. The molecule has 8 heteroatoms. The molecular formula is C36H45N3O5. The van der Waals surface area contributed by atoms with E-state index in [1.54, 1.807) is 33.5 Å². The molecule has 0 aromatic heterocycles. The minimum absolute atomic E-state index is 0.0196. The van der Waals surface area contributed by atoms with E-state index in [4.69, 9.17) is 19.9 Å². The molecule has 0 bridgehead atoms. The van der Waals surface area contributed by atoms with E-state index in [9.17, 15) is 9.59 Å². The zero-order valence-electron chi connectivity index (χ0n) is 26.8. The SMILES string of the molecule is CCN1CCC(C(N)=O)(c2ccccc2)CC1C1(c2ccc(C)c(C)c2)CCN(C(=O)c2cc(OC)c(OC)c(OC)c2)C1. The van der Waals surface area contributed by atoms with Crippen molar-refractivity contribution in [3.05, 3.63) is 88.5 Å². The number of likely N-dealkylation sites (N-methyl/N-ethyl adjacent to an activating group) is 1. The van der Waals surface area contributed by atoms with Gasteiger partial charge in [0.15, 0.2) is 11.5 Å². The van der Waals surface area contributed by atoms with Crippen LogP contribution in [0.25, 0.3) is 0 Å². The second-order valence-electron chi connectivity index (χ2n) is 12.3. The summed E-state index contributed by atoms with van der Waals surface area (Å²) in [6, 6.07) is 20.1. The molecule has 3 aromatic carbocycles. The number of primary amides is 1. The Hall–Kier alpha value is -4.04. The van der Waals surface area contributed by atoms with Crippen LogP contribution in [0, 0.1) is 13.8 Å². The molecule has 2 aliphatic heterocycles. The van der Waals surface area contributed by atoms with Crippen LogP contribution in [0.2, 0.25) is 0 Å². The molecule has 8 nitrogen and oxygen atoms in total. The summed E-state index contributed by atoms with van der Waals surface area (Å²) in [4.78, 5) is 32.0. The molecule has 3 atom stereocenters. The molecule has 2 heterocycles. The van der Waals surface area contributed by atoms with Gasteiger partial charge in [0, 0.05) is 30.1 Å². The molecule has 2 amide bonds. The van der Waals surface area contributed by atoms with Crippen molar-refractivity contribution in [3.8, 4) is 17.2 Å². The van der Waals surface area contributed by atoms with Gasteiger partial charge in [-0.1, -0.05) is 55.5 Å². The van der Waals surface area contributed by atoms with Crippen LogP contribution < -0.4 is 19.9 Å². The molecule has 2 N–H and O–H groups in total. The molecule has 0 aliphatic carbocycles. The largest absolute Gasteiger partial charge is 0.493 e. The van der Waals surface area contributed by atoms with Gasteiger partial charge in [-0.15, -0.1) is 0 Å². The van der Waals surface area contributed by atoms with Gasteiger partial charge in [0.05, 0.1) is 26.7 Å². The van der Waals surface area contributed by atoms with E-state index < -0.39 is 10.8 Å². The summed E-state index contributed by atoms with van der Waals surface area (Å²) in [6.07, 6.45) is 2.00. The molecule has 5 rings (SSSR count). The molecule has 234 valence electrons. The maximum Gasteiger partial charge on any atom is 0.254 e. The van der Waals surface area contributed by atoms with Crippen molar-refractivity contribution in [1.29, 1.82) is 0 Å². The fourth-order valence-corrected chi connectivity index (χ4v) is 7.51. The first-order valence-corrected chi connectivity index (χ1v) is 15.4. The van der Waals surface area contributed by atoms with Crippen LogP contribution in [0.5, 0.6) is 17.2 Å². The monoisotopic (exact) mass is 599 g/mol. The van der Waals surface area contributed by atoms with Gasteiger partial charge in [-0.25, -0.2) is 0 Å². The van der Waals surface area contributed by atoms with Gasteiger partial charge in [-0.05, 0) is 80.6 Å². The zero-order valence-corrected chi connectivity index (χ0v) is 26.8. The number of piperidine rings is 1. The number of benzene rings is 3. The van der Waals surface area contributed by atoms with E-state index in [-0.39, 0.29) is 17.9 Å². The molecule has 3 unspecified atom stereocenters. The van der Waals surface area contributed by atoms with Crippen molar-refractivity contribution in [3.63, 3.8) is 0 Å². The average molecular weight is 600 g/mol. The van der Waals surface area contributed by atoms with Crippen LogP contribution in [0.3, 0.4) is 0 Å². The summed E-state index contributed by atoms with van der Waals surface area (Å²) in [6.45, 7) is 9.09. The Morgan fingerprint density at radius 1 is 0.864 bits per heavy atom. The second-order valence-corrected chi connectivity index (χ2v) is 12.3. The minimum Gasteiger partial charge on any atom is -0.493 e. The van der Waals surface area contributed by atoms with Gasteiger partial charge >= 0.3 is 0 Å². The molecular weight excluding hydrogens is 554 g/mol. The number of hydrogen-bond acceptors (Lipinski definition) is 6. The average Bonchev–Trinajstić information content (AvgIpc) is 3.51. The third kappa shape index (κ3) is 5.30. The number of hydrogen-bond donors (Lipinski definition) is 1. The lowest BCUT2D eigenvalue weighted by molar-refractivity contribution is -0.127. The second kappa shape index (κ2) is 12.5. The van der Waals surface area contributed by atoms with Gasteiger partial charge in [0.2, 0.25) is 11.7 Å². The van der Waals surface area contributed by atoms with E-state index in [1.165, 1.54) is 16.7 Å². The number of methoxy groups -OCH3 is 3. The zero-order chi connectivity index (χ0) is 31.6. The van der Waals surface area contributed by atoms with E-state index >= 15 is 0 Å². The number of nitrogens with zero attached hydrogens (tertiary/aromatic N) is 2. The number of aryl methyl sites for hydroxylation is 2. The lowest BCUT2D eigenvalue weighted by Crippen LogP contribution is -2.61. The van der Waals surface area contributed by atoms with Crippen molar-refractivity contribution in [2.45, 2.75) is 56.9 Å². The first-order chi connectivity index (χ1) is 21.1. The van der Waals surface area contributed by atoms with E-state index in [2.05, 4.69) is 43.9 Å². The van der Waals surface area contributed by atoms with Gasteiger partial charge < -0.3 is 24.8 Å². The maximum absolute atomic E-state index is 14.2. The highest BCUT2D eigenvalue weighted by Crippen LogP contribution is 2.49. The molecule has 0 radical (unpaired) electrons. The van der Waals surface area contributed by atoms with Crippen LogP contribution in [-0.2, 0) is 15.6 Å². The van der Waals surface area contributed by atoms with Crippen molar-refractivity contribution in [2.24, 2.45) is 5.73 Å². The maximum atomic E-state index is 14.2. The summed E-state index contributed by atoms with van der Waals surface area (Å²) < 4.78 is 16.6. The Morgan fingerprint density at radius 2 is 1.55 bits per heavy atom. The molecule has 0 spiro atoms. The predicted molar refractivity (Wildman–Crippen MR) is 172 cm³/mol. The Balaban J connectivity index is 1.61. The lowest BCUT2D eigenvalue weighted by atomic mass is 9.61. The fraction of sp³-hybridized carbons (Fsp3) is 0.444. The quantitative estimate of drug-likeness (QED) is 0.371. The lowest BCUT2D eigenvalue weighted by Gasteiger charge is -2.52. The molecule has 2 aliphatic rings. The number of amides is 2. The Labute approximate surface area is 261 Å². The van der Waals surface area contributed by atoms with Crippen molar-refractivity contribution in [2.75, 3.05) is 47.5 Å². The molecule has 2 fully saturated rings. The summed E-state index contributed by atoms with van der Waals surface area (Å²) in [5, 5.41) is 0. The topological polar surface area (TPSA) is 94.3 Å². The number of likely N-dealkylation sites (tertiary alicyclic amines) is 2. The molecule has 2 saturated heterocycles. The van der Waals surface area contributed by atoms with Crippen LogP contribution in [0.15, 0.2) is 60.7 Å². The predicted octanol–water partition coefficient (Wildman–Crippen LogP) is 5.02. The standard InChI is InChI=1S/C36H45N3O5/c1-7-38-17-15-35(34(37)41,27-11-9-8-10-12-27)22-31(38)36(28-14-13-24(2)25(3)19-28)16-18-39(23-36)33(40)26-20-29(42-4)32(44-6)30(21-26)43-5/h8-14,19-21,31H,7,15-18,22-23H2,1-6H3,(H2,37,41). The smallest absolute Gasteiger partial charge is 0.254 e.